The highest BCUT2D eigenvalue weighted by molar-refractivity contribution is 8.06. The molecule has 0 radical (unpaired) electrons. The van der Waals surface area contributed by atoms with Crippen molar-refractivity contribution in [1.29, 1.82) is 0 Å². The van der Waals surface area contributed by atoms with Crippen molar-refractivity contribution in [2.75, 3.05) is 29.5 Å². The van der Waals surface area contributed by atoms with Crippen LogP contribution in [0.25, 0.3) is 0 Å². The molecule has 3 N–H and O–H groups in total. The summed E-state index contributed by atoms with van der Waals surface area (Å²) in [5.74, 6) is 2.92. The zero-order chi connectivity index (χ0) is 15.5. The van der Waals surface area contributed by atoms with Gasteiger partial charge in [-0.2, -0.15) is 23.5 Å². The smallest absolute Gasteiger partial charge is 0.291 e. The van der Waals surface area contributed by atoms with Crippen molar-refractivity contribution in [2.45, 2.75) is 10.1 Å². The first-order chi connectivity index (χ1) is 9.90. The van der Waals surface area contributed by atoms with Crippen LogP contribution in [0.3, 0.4) is 0 Å². The van der Waals surface area contributed by atoms with E-state index in [-0.39, 0.29) is 22.4 Å². The lowest BCUT2D eigenvalue weighted by Gasteiger charge is -2.21. The minimum Gasteiger partial charge on any atom is -0.399 e. The van der Waals surface area contributed by atoms with Crippen molar-refractivity contribution in [3.8, 4) is 0 Å². The molecular weight excluding hydrogens is 334 g/mol. The van der Waals surface area contributed by atoms with E-state index in [1.54, 1.807) is 23.5 Å². The molecule has 1 heterocycles. The lowest BCUT2D eigenvalue weighted by atomic mass is 10.3. The molecule has 1 aliphatic rings. The fourth-order valence-corrected chi connectivity index (χ4v) is 5.79. The molecule has 116 valence electrons. The Balaban J connectivity index is 2.17. The van der Waals surface area contributed by atoms with Gasteiger partial charge in [0.25, 0.3) is 5.69 Å². The molecule has 7 nitrogen and oxygen atoms in total. The maximum Gasteiger partial charge on any atom is 0.291 e. The predicted octanol–water partition coefficient (Wildman–Crippen LogP) is 1.30. The summed E-state index contributed by atoms with van der Waals surface area (Å²) >= 11 is 3.49. The molecule has 10 heteroatoms. The van der Waals surface area contributed by atoms with Gasteiger partial charge in [-0.05, 0) is 12.1 Å². The highest BCUT2D eigenvalue weighted by Crippen LogP contribution is 2.27. The predicted molar refractivity (Wildman–Crippen MR) is 86.3 cm³/mol. The molecule has 1 aliphatic heterocycles. The highest BCUT2D eigenvalue weighted by Gasteiger charge is 2.27. The second-order valence-corrected chi connectivity index (χ2v) is 8.70. The van der Waals surface area contributed by atoms with Gasteiger partial charge in [0.15, 0.2) is 4.90 Å². The first kappa shape index (κ1) is 16.4. The molecule has 1 fully saturated rings. The molecule has 1 unspecified atom stereocenters. The number of hydrogen-bond acceptors (Lipinski definition) is 7. The van der Waals surface area contributed by atoms with Crippen LogP contribution in [0.15, 0.2) is 23.1 Å². The van der Waals surface area contributed by atoms with Gasteiger partial charge in [-0.3, -0.25) is 10.1 Å². The van der Waals surface area contributed by atoms with Crippen LogP contribution in [-0.2, 0) is 10.0 Å². The topological polar surface area (TPSA) is 115 Å². The van der Waals surface area contributed by atoms with E-state index in [4.69, 9.17) is 5.73 Å². The van der Waals surface area contributed by atoms with E-state index >= 15 is 0 Å². The lowest BCUT2D eigenvalue weighted by Crippen LogP contribution is -2.33. The molecule has 0 aromatic heterocycles. The Morgan fingerprint density at radius 1 is 1.43 bits per heavy atom. The first-order valence-corrected chi connectivity index (χ1v) is 9.82. The van der Waals surface area contributed by atoms with E-state index in [0.29, 0.717) is 0 Å². The Kier molecular flexibility index (Phi) is 5.36. The van der Waals surface area contributed by atoms with Gasteiger partial charge in [-0.25, -0.2) is 13.1 Å². The molecule has 21 heavy (non-hydrogen) atoms. The summed E-state index contributed by atoms with van der Waals surface area (Å²) in [7, 11) is -3.92. The molecule has 0 saturated carbocycles. The van der Waals surface area contributed by atoms with Gasteiger partial charge in [-0.1, -0.05) is 0 Å². The van der Waals surface area contributed by atoms with Gasteiger partial charge in [0.1, 0.15) is 0 Å². The zero-order valence-electron chi connectivity index (χ0n) is 11.0. The highest BCUT2D eigenvalue weighted by atomic mass is 32.2. The van der Waals surface area contributed by atoms with Crippen molar-refractivity contribution >= 4 is 44.9 Å². The fraction of sp³-hybridized carbons (Fsp3) is 0.455. The van der Waals surface area contributed by atoms with Crippen molar-refractivity contribution in [3.05, 3.63) is 28.3 Å². The molecule has 0 spiro atoms. The third-order valence-corrected chi connectivity index (χ3v) is 7.17. The van der Waals surface area contributed by atoms with Gasteiger partial charge in [-0.15, -0.1) is 0 Å². The molecular formula is C11H15N3O4S3. The normalized spacial score (nSPS) is 19.3. The van der Waals surface area contributed by atoms with Crippen LogP contribution in [-0.4, -0.2) is 42.4 Å². The Bertz CT molecular complexity index is 630. The summed E-state index contributed by atoms with van der Waals surface area (Å²) in [5.41, 5.74) is 5.12. The quantitative estimate of drug-likeness (QED) is 0.468. The number of nitrogens with one attached hydrogen (secondary N) is 1. The van der Waals surface area contributed by atoms with Crippen LogP contribution >= 0.6 is 23.5 Å². The van der Waals surface area contributed by atoms with Gasteiger partial charge in [0.05, 0.1) is 4.92 Å². The summed E-state index contributed by atoms with van der Waals surface area (Å²) in [6, 6.07) is 3.56. The summed E-state index contributed by atoms with van der Waals surface area (Å²) in [6.45, 7) is 0.265. The third kappa shape index (κ3) is 4.25. The van der Waals surface area contributed by atoms with E-state index in [0.717, 1.165) is 23.3 Å². The standard InChI is InChI=1S/C11H15N3O4S3/c12-8-1-2-11(10(5-8)14(15)16)21(17,18)13-6-9-7-19-3-4-20-9/h1-2,5,9,13H,3-4,6-7,12H2. The Morgan fingerprint density at radius 3 is 2.81 bits per heavy atom. The van der Waals surface area contributed by atoms with Crippen LogP contribution in [0.1, 0.15) is 0 Å². The third-order valence-electron chi connectivity index (χ3n) is 2.86. The molecule has 1 aromatic carbocycles. The number of benzene rings is 1. The van der Waals surface area contributed by atoms with Gasteiger partial charge < -0.3 is 5.73 Å². The van der Waals surface area contributed by atoms with Gasteiger partial charge >= 0.3 is 0 Å². The maximum absolute atomic E-state index is 12.2. The first-order valence-electron chi connectivity index (χ1n) is 6.13. The van der Waals surface area contributed by atoms with E-state index in [1.807, 2.05) is 0 Å². The average molecular weight is 349 g/mol. The Labute approximate surface area is 131 Å². The van der Waals surface area contributed by atoms with Gasteiger partial charge in [0.2, 0.25) is 10.0 Å². The molecule has 0 amide bonds. The number of anilines is 1. The van der Waals surface area contributed by atoms with Crippen LogP contribution in [0, 0.1) is 10.1 Å². The Hall–Kier alpha value is -0.970. The summed E-state index contributed by atoms with van der Waals surface area (Å²) < 4.78 is 26.9. The number of sulfonamides is 1. The van der Waals surface area contributed by atoms with Crippen molar-refractivity contribution < 1.29 is 13.3 Å². The van der Waals surface area contributed by atoms with Crippen LogP contribution < -0.4 is 10.5 Å². The summed E-state index contributed by atoms with van der Waals surface area (Å²) in [5, 5.41) is 11.2. The zero-order valence-corrected chi connectivity index (χ0v) is 13.5. The number of nitrogens with two attached hydrogens (primary N) is 1. The lowest BCUT2D eigenvalue weighted by molar-refractivity contribution is -0.387. The fourth-order valence-electron chi connectivity index (χ4n) is 1.84. The number of nitro groups is 1. The van der Waals surface area contributed by atoms with E-state index in [9.17, 15) is 18.5 Å². The van der Waals surface area contributed by atoms with Crippen molar-refractivity contribution in [1.82, 2.24) is 4.72 Å². The minimum absolute atomic E-state index is 0.153. The van der Waals surface area contributed by atoms with Crippen LogP contribution in [0.5, 0.6) is 0 Å². The SMILES string of the molecule is Nc1ccc(S(=O)(=O)NCC2CSCCS2)c([N+](=O)[O-])c1. The maximum atomic E-state index is 12.2. The van der Waals surface area contributed by atoms with Crippen molar-refractivity contribution in [2.24, 2.45) is 0 Å². The second kappa shape index (κ2) is 6.86. The molecule has 0 aliphatic carbocycles. The average Bonchev–Trinajstić information content (AvgIpc) is 2.46. The van der Waals surface area contributed by atoms with Crippen molar-refractivity contribution in [3.63, 3.8) is 0 Å². The minimum atomic E-state index is -3.92. The number of rotatable bonds is 5. The van der Waals surface area contributed by atoms with E-state index in [1.165, 1.54) is 12.1 Å². The molecule has 2 rings (SSSR count). The number of nitrogens with zero attached hydrogens (tertiary/aromatic N) is 1. The molecule has 1 atom stereocenters. The van der Waals surface area contributed by atoms with Gasteiger partial charge in [0, 0.05) is 40.8 Å². The summed E-state index contributed by atoms with van der Waals surface area (Å²) in [4.78, 5) is 9.89. The summed E-state index contributed by atoms with van der Waals surface area (Å²) in [6.07, 6.45) is 0. The van der Waals surface area contributed by atoms with E-state index < -0.39 is 20.6 Å². The molecule has 0 bridgehead atoms. The second-order valence-electron chi connectivity index (χ2n) is 4.40. The largest absolute Gasteiger partial charge is 0.399 e. The molecule has 1 aromatic rings. The Morgan fingerprint density at radius 2 is 2.19 bits per heavy atom. The van der Waals surface area contributed by atoms with E-state index in [2.05, 4.69) is 4.72 Å². The van der Waals surface area contributed by atoms with Crippen LogP contribution in [0.4, 0.5) is 11.4 Å². The monoisotopic (exact) mass is 349 g/mol. The molecule has 1 saturated heterocycles. The number of thioether (sulfide) groups is 2. The van der Waals surface area contributed by atoms with Crippen LogP contribution in [0.2, 0.25) is 0 Å². The number of nitrogen functional groups attached to an aromatic ring is 1. The number of hydrogen-bond donors (Lipinski definition) is 2. The number of nitro benzene ring substituents is 1.